The second-order valence-corrected chi connectivity index (χ2v) is 11.2. The average molecular weight is 609 g/mol. The molecule has 0 spiro atoms. The summed E-state index contributed by atoms with van der Waals surface area (Å²) in [6, 6.07) is 8.18. The van der Waals surface area contributed by atoms with Crippen LogP contribution in [0, 0.1) is 5.82 Å². The number of aromatic nitrogens is 4. The van der Waals surface area contributed by atoms with Gasteiger partial charge in [-0.3, -0.25) is 9.69 Å². The fraction of sp³-hybridized carbons (Fsp3) is 0.400. The van der Waals surface area contributed by atoms with E-state index in [1.165, 1.54) is 6.07 Å². The second kappa shape index (κ2) is 12.6. The van der Waals surface area contributed by atoms with E-state index in [4.69, 9.17) is 31.0 Å². The number of benzene rings is 2. The topological polar surface area (TPSA) is 112 Å². The predicted octanol–water partition coefficient (Wildman–Crippen LogP) is 4.61. The number of rotatable bonds is 9. The van der Waals surface area contributed by atoms with Crippen molar-refractivity contribution >= 4 is 45.9 Å². The number of ether oxygens (including phenoxy) is 2. The maximum atomic E-state index is 14.7. The van der Waals surface area contributed by atoms with Gasteiger partial charge in [0.25, 0.3) is 0 Å². The van der Waals surface area contributed by atoms with E-state index in [-0.39, 0.29) is 17.6 Å². The summed E-state index contributed by atoms with van der Waals surface area (Å²) < 4.78 is 25.7. The van der Waals surface area contributed by atoms with Gasteiger partial charge in [0.05, 0.1) is 32.0 Å². The lowest BCUT2D eigenvalue weighted by Gasteiger charge is -2.36. The number of halogens is 2. The molecule has 4 heterocycles. The van der Waals surface area contributed by atoms with E-state index in [0.29, 0.717) is 71.8 Å². The lowest BCUT2D eigenvalue weighted by atomic mass is 10.1. The molecule has 2 fully saturated rings. The van der Waals surface area contributed by atoms with Gasteiger partial charge in [-0.05, 0) is 43.7 Å². The highest BCUT2D eigenvalue weighted by Gasteiger charge is 2.31. The molecule has 1 atom stereocenters. The van der Waals surface area contributed by atoms with Crippen molar-refractivity contribution in [2.24, 2.45) is 0 Å². The number of carbonyl (C=O) groups is 1. The van der Waals surface area contributed by atoms with E-state index >= 15 is 0 Å². The molecule has 1 amide bonds. The summed E-state index contributed by atoms with van der Waals surface area (Å²) >= 11 is 5.97. The summed E-state index contributed by atoms with van der Waals surface area (Å²) in [5.74, 6) is 2.50. The van der Waals surface area contributed by atoms with Gasteiger partial charge in [-0.2, -0.15) is 4.98 Å². The summed E-state index contributed by atoms with van der Waals surface area (Å²) in [6.45, 7) is 3.96. The van der Waals surface area contributed by atoms with Gasteiger partial charge >= 0.3 is 0 Å². The van der Waals surface area contributed by atoms with Crippen LogP contribution in [-0.4, -0.2) is 88.6 Å². The van der Waals surface area contributed by atoms with E-state index in [1.54, 1.807) is 44.7 Å². The molecule has 6 rings (SSSR count). The van der Waals surface area contributed by atoms with Crippen LogP contribution < -0.4 is 19.7 Å². The van der Waals surface area contributed by atoms with Gasteiger partial charge in [-0.1, -0.05) is 11.6 Å². The molecular formula is C30H34ClFN8O3. The van der Waals surface area contributed by atoms with Crippen molar-refractivity contribution in [1.82, 2.24) is 29.7 Å². The minimum atomic E-state index is -0.501. The van der Waals surface area contributed by atoms with Crippen LogP contribution in [0.4, 0.5) is 21.8 Å². The lowest BCUT2D eigenvalue weighted by molar-refractivity contribution is -0.132. The third kappa shape index (κ3) is 6.30. The Kier molecular flexibility index (Phi) is 8.48. The van der Waals surface area contributed by atoms with Crippen LogP contribution >= 0.6 is 11.6 Å². The number of hydrogen-bond donors (Lipinski definition) is 2. The fourth-order valence-electron chi connectivity index (χ4n) is 5.80. The van der Waals surface area contributed by atoms with Crippen molar-refractivity contribution in [3.63, 3.8) is 0 Å². The number of likely N-dealkylation sites (tertiary alicyclic amines) is 1. The first-order chi connectivity index (χ1) is 20.9. The molecule has 13 heteroatoms. The Hall–Kier alpha value is -4.16. The van der Waals surface area contributed by atoms with Crippen LogP contribution in [-0.2, 0) is 11.3 Å². The molecule has 226 valence electrons. The predicted molar refractivity (Wildman–Crippen MR) is 163 cm³/mol. The zero-order valence-electron chi connectivity index (χ0n) is 24.1. The zero-order chi connectivity index (χ0) is 29.9. The summed E-state index contributed by atoms with van der Waals surface area (Å²) in [4.78, 5) is 36.8. The Balaban J connectivity index is 1.19. The maximum absolute atomic E-state index is 14.7. The van der Waals surface area contributed by atoms with Crippen molar-refractivity contribution in [2.45, 2.75) is 31.8 Å². The maximum Gasteiger partial charge on any atom is 0.228 e. The second-order valence-electron chi connectivity index (χ2n) is 10.7. The molecule has 4 aromatic rings. The molecule has 2 aromatic heterocycles. The largest absolute Gasteiger partial charge is 0.493 e. The van der Waals surface area contributed by atoms with Gasteiger partial charge in [-0.25, -0.2) is 14.4 Å². The Morgan fingerprint density at radius 3 is 2.60 bits per heavy atom. The summed E-state index contributed by atoms with van der Waals surface area (Å²) in [5.41, 5.74) is 0.837. The van der Waals surface area contributed by atoms with Gasteiger partial charge in [0.15, 0.2) is 11.5 Å². The fourth-order valence-corrected chi connectivity index (χ4v) is 5.96. The Bertz CT molecular complexity index is 1600. The van der Waals surface area contributed by atoms with Crippen LogP contribution in [0.5, 0.6) is 11.5 Å². The molecule has 0 aliphatic carbocycles. The molecule has 0 bridgehead atoms. The first-order valence-electron chi connectivity index (χ1n) is 14.3. The van der Waals surface area contributed by atoms with Crippen LogP contribution in [0.25, 0.3) is 10.9 Å². The molecule has 2 saturated heterocycles. The Morgan fingerprint density at radius 2 is 1.88 bits per heavy atom. The summed E-state index contributed by atoms with van der Waals surface area (Å²) in [6.07, 6.45) is 6.17. The Labute approximate surface area is 254 Å². The number of nitrogens with one attached hydrogen (secondary N) is 2. The summed E-state index contributed by atoms with van der Waals surface area (Å²) in [5, 5.41) is 4.05. The van der Waals surface area contributed by atoms with Crippen molar-refractivity contribution < 1.29 is 18.7 Å². The number of hydrogen-bond acceptors (Lipinski definition) is 9. The highest BCUT2D eigenvalue weighted by Crippen LogP contribution is 2.36. The van der Waals surface area contributed by atoms with Crippen LogP contribution in [0.3, 0.4) is 0 Å². The third-order valence-corrected chi connectivity index (χ3v) is 8.34. The van der Waals surface area contributed by atoms with Crippen LogP contribution in [0.15, 0.2) is 42.7 Å². The number of piperazine rings is 1. The van der Waals surface area contributed by atoms with Crippen molar-refractivity contribution in [3.05, 3.63) is 59.4 Å². The number of methoxy groups -OCH3 is 2. The van der Waals surface area contributed by atoms with Crippen LogP contribution in [0.2, 0.25) is 5.02 Å². The molecule has 1 unspecified atom stereocenters. The van der Waals surface area contributed by atoms with Crippen LogP contribution in [0.1, 0.15) is 25.1 Å². The average Bonchev–Trinajstić information content (AvgIpc) is 3.70. The summed E-state index contributed by atoms with van der Waals surface area (Å²) in [7, 11) is 3.11. The zero-order valence-corrected chi connectivity index (χ0v) is 24.9. The number of carbonyl (C=O) groups excluding carboxylic acids is 1. The normalized spacial score (nSPS) is 17.4. The van der Waals surface area contributed by atoms with Crippen molar-refractivity contribution in [3.8, 4) is 11.5 Å². The van der Waals surface area contributed by atoms with Gasteiger partial charge < -0.3 is 29.6 Å². The number of fused-ring (bicyclic) bond motifs is 1. The smallest absolute Gasteiger partial charge is 0.228 e. The number of nitrogens with zero attached hydrogens (tertiary/aromatic N) is 6. The molecule has 2 aliphatic rings. The third-order valence-electron chi connectivity index (χ3n) is 8.11. The molecule has 0 radical (unpaired) electrons. The number of amides is 1. The Morgan fingerprint density at radius 1 is 1.09 bits per heavy atom. The molecule has 2 N–H and O–H groups in total. The van der Waals surface area contributed by atoms with E-state index in [2.05, 4.69) is 20.2 Å². The monoisotopic (exact) mass is 608 g/mol. The van der Waals surface area contributed by atoms with E-state index in [1.807, 2.05) is 16.0 Å². The first kappa shape index (κ1) is 28.9. The minimum absolute atomic E-state index is 0.160. The quantitative estimate of drug-likeness (QED) is 0.281. The van der Waals surface area contributed by atoms with Crippen molar-refractivity contribution in [2.75, 3.05) is 57.2 Å². The highest BCUT2D eigenvalue weighted by atomic mass is 35.5. The number of anilines is 3. The molecule has 2 aliphatic heterocycles. The molecule has 43 heavy (non-hydrogen) atoms. The molecule has 2 aromatic carbocycles. The minimum Gasteiger partial charge on any atom is -0.493 e. The van der Waals surface area contributed by atoms with Gasteiger partial charge in [-0.15, -0.1) is 0 Å². The van der Waals surface area contributed by atoms with Gasteiger partial charge in [0, 0.05) is 67.5 Å². The molecule has 0 saturated carbocycles. The SMILES string of the molecule is COc1cc2nc(N3CCN(C(=O)CC4CCCN4Cc4ncc[nH]4)CC3)nc(Nc3ccc(Cl)cc3F)c2cc1OC. The molecular weight excluding hydrogens is 575 g/mol. The van der Waals surface area contributed by atoms with E-state index in [9.17, 15) is 9.18 Å². The van der Waals surface area contributed by atoms with Crippen molar-refractivity contribution in [1.29, 1.82) is 0 Å². The van der Waals surface area contributed by atoms with E-state index in [0.717, 1.165) is 31.8 Å². The standard InChI is InChI=1S/C30H34ClFN8O3/c1-42-25-16-21-24(17-26(25)43-2)36-30(37-29(21)35-23-6-5-19(31)14-22(23)32)39-12-10-38(11-13-39)28(41)15-20-4-3-9-40(20)18-27-33-7-8-34-27/h5-8,14,16-17,20H,3-4,9-13,15,18H2,1-2H3,(H,33,34)(H,35,36,37). The van der Waals surface area contributed by atoms with Gasteiger partial charge in [0.2, 0.25) is 11.9 Å². The van der Waals surface area contributed by atoms with E-state index < -0.39 is 5.82 Å². The number of aromatic amines is 1. The number of imidazole rings is 1. The van der Waals surface area contributed by atoms with Gasteiger partial charge in [0.1, 0.15) is 17.5 Å². The highest BCUT2D eigenvalue weighted by molar-refractivity contribution is 6.30. The lowest BCUT2D eigenvalue weighted by Crippen LogP contribution is -2.50. The first-order valence-corrected chi connectivity index (χ1v) is 14.7. The molecule has 11 nitrogen and oxygen atoms in total. The number of H-pyrrole nitrogens is 1.